The van der Waals surface area contributed by atoms with Crippen molar-refractivity contribution in [3.05, 3.63) is 118 Å². The lowest BCUT2D eigenvalue weighted by Gasteiger charge is -2.26. The van der Waals surface area contributed by atoms with Crippen molar-refractivity contribution < 1.29 is 33.3 Å². The molecule has 0 aliphatic carbocycles. The first-order chi connectivity index (χ1) is 21.4. The summed E-state index contributed by atoms with van der Waals surface area (Å²) in [6, 6.07) is 25.8. The van der Waals surface area contributed by atoms with Crippen LogP contribution in [0.15, 0.2) is 96.6 Å². The summed E-state index contributed by atoms with van der Waals surface area (Å²) < 4.78 is 23.4. The first kappa shape index (κ1) is 30.2. The number of benzene rings is 4. The fourth-order valence-corrected chi connectivity index (χ4v) is 4.59. The van der Waals surface area contributed by atoms with Crippen LogP contribution in [0.5, 0.6) is 23.0 Å². The van der Waals surface area contributed by atoms with Crippen molar-refractivity contribution in [1.29, 1.82) is 0 Å². The average Bonchev–Trinajstić information content (AvgIpc) is 3.03. The summed E-state index contributed by atoms with van der Waals surface area (Å²) in [6.45, 7) is 2.82. The van der Waals surface area contributed by atoms with Crippen LogP contribution in [0.1, 0.15) is 23.6 Å². The molecule has 0 saturated carbocycles. The third-order valence-corrected chi connectivity index (χ3v) is 6.88. The van der Waals surface area contributed by atoms with E-state index >= 15 is 0 Å². The predicted octanol–water partition coefficient (Wildman–Crippen LogP) is 6.57. The maximum absolute atomic E-state index is 13.2. The molecule has 1 N–H and O–H groups in total. The van der Waals surface area contributed by atoms with Crippen molar-refractivity contribution >= 4 is 41.2 Å². The van der Waals surface area contributed by atoms with Gasteiger partial charge in [-0.25, -0.2) is 9.69 Å². The van der Waals surface area contributed by atoms with E-state index in [1.807, 2.05) is 55.5 Å². The number of imide groups is 2. The molecular formula is C34H29ClN2O7. The van der Waals surface area contributed by atoms with Crippen molar-refractivity contribution in [2.24, 2.45) is 0 Å². The van der Waals surface area contributed by atoms with Crippen molar-refractivity contribution in [3.63, 3.8) is 0 Å². The van der Waals surface area contributed by atoms with E-state index in [2.05, 4.69) is 5.32 Å². The molecule has 4 aromatic rings. The maximum Gasteiger partial charge on any atom is 0.335 e. The summed E-state index contributed by atoms with van der Waals surface area (Å²) in [5, 5.41) is 2.66. The third-order valence-electron chi connectivity index (χ3n) is 6.62. The monoisotopic (exact) mass is 612 g/mol. The summed E-state index contributed by atoms with van der Waals surface area (Å²) in [6.07, 6.45) is 1.40. The molecule has 5 rings (SSSR count). The number of carbonyl (C=O) groups is 3. The molecule has 1 fully saturated rings. The highest BCUT2D eigenvalue weighted by Gasteiger charge is 2.36. The zero-order chi connectivity index (χ0) is 31.1. The summed E-state index contributed by atoms with van der Waals surface area (Å²) in [5.74, 6) is 0.527. The number of urea groups is 1. The van der Waals surface area contributed by atoms with Gasteiger partial charge in [0, 0.05) is 5.02 Å². The van der Waals surface area contributed by atoms with E-state index in [9.17, 15) is 14.4 Å². The fourth-order valence-electron chi connectivity index (χ4n) is 4.47. The maximum atomic E-state index is 13.2. The second-order valence-electron chi connectivity index (χ2n) is 9.62. The van der Waals surface area contributed by atoms with Crippen LogP contribution in [0.25, 0.3) is 6.08 Å². The molecule has 224 valence electrons. The van der Waals surface area contributed by atoms with Crippen LogP contribution >= 0.6 is 11.6 Å². The molecule has 10 heteroatoms. The van der Waals surface area contributed by atoms with Crippen LogP contribution in [-0.2, 0) is 22.8 Å². The lowest BCUT2D eigenvalue weighted by Crippen LogP contribution is -2.54. The zero-order valence-corrected chi connectivity index (χ0v) is 24.8. The minimum atomic E-state index is -0.842. The van der Waals surface area contributed by atoms with Gasteiger partial charge in [0.05, 0.1) is 19.4 Å². The highest BCUT2D eigenvalue weighted by atomic mass is 35.5. The summed E-state index contributed by atoms with van der Waals surface area (Å²) >= 11 is 5.94. The van der Waals surface area contributed by atoms with E-state index in [-0.39, 0.29) is 17.9 Å². The van der Waals surface area contributed by atoms with Gasteiger partial charge in [-0.1, -0.05) is 54.1 Å². The normalized spacial score (nSPS) is 13.9. The van der Waals surface area contributed by atoms with Gasteiger partial charge < -0.3 is 18.9 Å². The van der Waals surface area contributed by atoms with E-state index in [4.69, 9.17) is 30.5 Å². The van der Waals surface area contributed by atoms with Crippen LogP contribution in [-0.4, -0.2) is 31.6 Å². The van der Waals surface area contributed by atoms with Crippen LogP contribution in [0.3, 0.4) is 0 Å². The number of hydrogen-bond acceptors (Lipinski definition) is 7. The largest absolute Gasteiger partial charge is 0.493 e. The predicted molar refractivity (Wildman–Crippen MR) is 166 cm³/mol. The first-order valence-corrected chi connectivity index (χ1v) is 14.1. The van der Waals surface area contributed by atoms with Gasteiger partial charge in [0.15, 0.2) is 23.0 Å². The highest BCUT2D eigenvalue weighted by molar-refractivity contribution is 6.39. The summed E-state index contributed by atoms with van der Waals surface area (Å²) in [4.78, 5) is 39.2. The molecule has 1 aliphatic heterocycles. The van der Waals surface area contributed by atoms with Crippen molar-refractivity contribution in [2.45, 2.75) is 20.1 Å². The number of ether oxygens (including phenoxy) is 4. The quantitative estimate of drug-likeness (QED) is 0.151. The number of anilines is 1. The Kier molecular flexibility index (Phi) is 9.46. The molecule has 0 radical (unpaired) electrons. The number of rotatable bonds is 11. The van der Waals surface area contributed by atoms with Gasteiger partial charge in [-0.05, 0) is 78.2 Å². The first-order valence-electron chi connectivity index (χ1n) is 13.8. The van der Waals surface area contributed by atoms with Gasteiger partial charge in [0.2, 0.25) is 0 Å². The highest BCUT2D eigenvalue weighted by Crippen LogP contribution is 2.33. The molecule has 1 aliphatic rings. The van der Waals surface area contributed by atoms with Crippen LogP contribution in [0, 0.1) is 0 Å². The molecule has 1 heterocycles. The Morgan fingerprint density at radius 1 is 0.750 bits per heavy atom. The van der Waals surface area contributed by atoms with Crippen molar-refractivity contribution in [3.8, 4) is 23.0 Å². The number of nitrogens with one attached hydrogen (secondary N) is 1. The number of barbiturate groups is 1. The Morgan fingerprint density at radius 2 is 1.43 bits per heavy atom. The Labute approximate surface area is 259 Å². The Hall–Kier alpha value is -5.28. The van der Waals surface area contributed by atoms with E-state index in [1.165, 1.54) is 18.2 Å². The van der Waals surface area contributed by atoms with Gasteiger partial charge in [-0.2, -0.15) is 0 Å². The molecule has 44 heavy (non-hydrogen) atoms. The SMILES string of the molecule is CCOc1cc(/C=C2/C(=O)NC(=O)N(c3ccc(Cl)cc3)C2=O)ccc1OCc1ccc(OCc2ccccc2)c(OC)c1. The average molecular weight is 613 g/mol. The van der Waals surface area contributed by atoms with Crippen molar-refractivity contribution in [2.75, 3.05) is 18.6 Å². The second-order valence-corrected chi connectivity index (χ2v) is 10.1. The fraction of sp³-hybridized carbons (Fsp3) is 0.147. The minimum absolute atomic E-state index is 0.211. The molecule has 4 aromatic carbocycles. The molecule has 0 atom stereocenters. The lowest BCUT2D eigenvalue weighted by atomic mass is 10.1. The molecule has 0 spiro atoms. The number of carbonyl (C=O) groups excluding carboxylic acids is 3. The Bertz CT molecular complexity index is 1700. The standard InChI is InChI=1S/C34H29ClN2O7/c1-3-42-31-18-23(17-27-32(38)36-34(40)37(33(27)39)26-13-11-25(35)12-14-26)9-15-29(31)44-21-24-10-16-28(30(19-24)41-2)43-20-22-7-5-4-6-8-22/h4-19H,3,20-21H2,1-2H3,(H,36,38,40)/b27-17-. The van der Waals surface area contributed by atoms with Crippen LogP contribution in [0.2, 0.25) is 5.02 Å². The van der Waals surface area contributed by atoms with Gasteiger partial charge in [-0.3, -0.25) is 14.9 Å². The number of nitrogens with zero attached hydrogens (tertiary/aromatic N) is 1. The molecule has 0 unspecified atom stereocenters. The number of amides is 4. The van der Waals surface area contributed by atoms with Gasteiger partial charge in [0.1, 0.15) is 18.8 Å². The Balaban J connectivity index is 1.32. The minimum Gasteiger partial charge on any atom is -0.493 e. The van der Waals surface area contributed by atoms with Crippen LogP contribution < -0.4 is 29.2 Å². The van der Waals surface area contributed by atoms with E-state index in [1.54, 1.807) is 37.4 Å². The molecular weight excluding hydrogens is 584 g/mol. The van der Waals surface area contributed by atoms with Gasteiger partial charge in [0.25, 0.3) is 11.8 Å². The van der Waals surface area contributed by atoms with E-state index < -0.39 is 17.8 Å². The number of methoxy groups -OCH3 is 1. The number of halogens is 1. The van der Waals surface area contributed by atoms with E-state index in [0.717, 1.165) is 16.0 Å². The molecule has 9 nitrogen and oxygen atoms in total. The lowest BCUT2D eigenvalue weighted by molar-refractivity contribution is -0.122. The molecule has 0 bridgehead atoms. The topological polar surface area (TPSA) is 103 Å². The number of hydrogen-bond donors (Lipinski definition) is 1. The zero-order valence-electron chi connectivity index (χ0n) is 24.0. The van der Waals surface area contributed by atoms with Crippen molar-refractivity contribution in [1.82, 2.24) is 5.32 Å². The molecule has 1 saturated heterocycles. The van der Waals surface area contributed by atoms with E-state index in [0.29, 0.717) is 46.8 Å². The summed E-state index contributed by atoms with van der Waals surface area (Å²) in [7, 11) is 1.58. The smallest absolute Gasteiger partial charge is 0.335 e. The molecule has 0 aromatic heterocycles. The Morgan fingerprint density at radius 3 is 2.14 bits per heavy atom. The second kappa shape index (κ2) is 13.8. The van der Waals surface area contributed by atoms with Crippen LogP contribution in [0.4, 0.5) is 10.5 Å². The molecule has 4 amide bonds. The van der Waals surface area contributed by atoms with Gasteiger partial charge in [-0.15, -0.1) is 0 Å². The van der Waals surface area contributed by atoms with Gasteiger partial charge >= 0.3 is 6.03 Å². The third kappa shape index (κ3) is 7.02. The summed E-state index contributed by atoms with van der Waals surface area (Å²) in [5.41, 5.74) is 2.47.